The normalized spacial score (nSPS) is 24.8. The number of hydrogen-bond acceptors (Lipinski definition) is 4. The topological polar surface area (TPSA) is 71.1 Å². The van der Waals surface area contributed by atoms with Gasteiger partial charge in [-0.3, -0.25) is 4.90 Å². The number of amidine groups is 1. The molecule has 1 aliphatic rings. The minimum absolute atomic E-state index is 0.137. The molecule has 3 N–H and O–H groups in total. The average molecular weight is 257 g/mol. The Bertz CT molecular complexity index is 259. The number of nitrogens with zero attached hydrogens (tertiary/aromatic N) is 2. The summed E-state index contributed by atoms with van der Waals surface area (Å²) < 4.78 is 5.57. The van der Waals surface area contributed by atoms with Gasteiger partial charge >= 0.3 is 0 Å². The first-order chi connectivity index (χ1) is 8.69. The summed E-state index contributed by atoms with van der Waals surface area (Å²) in [6, 6.07) is 0.690. The zero-order chi connectivity index (χ0) is 13.4. The zero-order valence-corrected chi connectivity index (χ0v) is 11.6. The molecule has 0 radical (unpaired) electrons. The van der Waals surface area contributed by atoms with Gasteiger partial charge in [0, 0.05) is 12.6 Å². The smallest absolute Gasteiger partial charge is 0.168 e. The third-order valence-electron chi connectivity index (χ3n) is 3.75. The van der Waals surface area contributed by atoms with Crippen molar-refractivity contribution in [2.75, 3.05) is 19.7 Å². The Morgan fingerprint density at radius 1 is 1.50 bits per heavy atom. The molecule has 0 aliphatic carbocycles. The summed E-state index contributed by atoms with van der Waals surface area (Å²) >= 11 is 0. The fourth-order valence-electron chi connectivity index (χ4n) is 2.51. The summed E-state index contributed by atoms with van der Waals surface area (Å²) in [5.74, 6) is 0.137. The number of hydrogen-bond donors (Lipinski definition) is 2. The molecule has 0 spiro atoms. The van der Waals surface area contributed by atoms with Crippen LogP contribution in [0.25, 0.3) is 0 Å². The second-order valence-electron chi connectivity index (χ2n) is 4.99. The van der Waals surface area contributed by atoms with Gasteiger partial charge in [-0.05, 0) is 32.7 Å². The molecular weight excluding hydrogens is 230 g/mol. The van der Waals surface area contributed by atoms with Crippen LogP contribution in [0.4, 0.5) is 0 Å². The molecule has 0 amide bonds. The van der Waals surface area contributed by atoms with Crippen molar-refractivity contribution < 1.29 is 9.94 Å². The summed E-state index contributed by atoms with van der Waals surface area (Å²) in [6.07, 6.45) is 6.15. The molecule has 2 atom stereocenters. The fourth-order valence-corrected chi connectivity index (χ4v) is 2.51. The van der Waals surface area contributed by atoms with Crippen molar-refractivity contribution >= 4 is 5.84 Å². The Labute approximate surface area is 110 Å². The van der Waals surface area contributed by atoms with Crippen LogP contribution < -0.4 is 5.73 Å². The Balaban J connectivity index is 2.31. The Morgan fingerprint density at radius 2 is 2.28 bits per heavy atom. The maximum atomic E-state index is 8.54. The van der Waals surface area contributed by atoms with Gasteiger partial charge in [-0.2, -0.15) is 0 Å². The molecule has 5 nitrogen and oxygen atoms in total. The van der Waals surface area contributed by atoms with Crippen molar-refractivity contribution in [2.45, 2.75) is 58.1 Å². The highest BCUT2D eigenvalue weighted by molar-refractivity contribution is 5.83. The van der Waals surface area contributed by atoms with Crippen LogP contribution in [-0.4, -0.2) is 47.8 Å². The molecule has 0 aromatic heterocycles. The van der Waals surface area contributed by atoms with Gasteiger partial charge in [-0.1, -0.05) is 24.9 Å². The summed E-state index contributed by atoms with van der Waals surface area (Å²) in [6.45, 7) is 6.78. The molecule has 5 heteroatoms. The third kappa shape index (κ3) is 4.82. The van der Waals surface area contributed by atoms with Crippen LogP contribution >= 0.6 is 0 Å². The average Bonchev–Trinajstić information content (AvgIpc) is 2.62. The van der Waals surface area contributed by atoms with Crippen molar-refractivity contribution in [2.24, 2.45) is 10.9 Å². The van der Waals surface area contributed by atoms with Gasteiger partial charge in [0.1, 0.15) is 6.10 Å². The highest BCUT2D eigenvalue weighted by Crippen LogP contribution is 2.18. The lowest BCUT2D eigenvalue weighted by Gasteiger charge is -2.29. The van der Waals surface area contributed by atoms with E-state index in [1.807, 2.05) is 0 Å². The first-order valence-corrected chi connectivity index (χ1v) is 7.02. The number of oxime groups is 1. The molecule has 18 heavy (non-hydrogen) atoms. The quantitative estimate of drug-likeness (QED) is 0.329. The van der Waals surface area contributed by atoms with E-state index in [4.69, 9.17) is 15.7 Å². The minimum atomic E-state index is -0.318. The van der Waals surface area contributed by atoms with Gasteiger partial charge in [0.15, 0.2) is 5.84 Å². The molecule has 0 aromatic rings. The van der Waals surface area contributed by atoms with Crippen LogP contribution in [0.5, 0.6) is 0 Å². The standard InChI is InChI=1S/C13H27N3O2/c1-3-12-7-5-4-6-8-16(12)9-10-18-11(2)13(14)15-17/h11-12,17H,3-10H2,1-2H3,(H2,14,15). The predicted octanol–water partition coefficient (Wildman–Crippen LogP) is 1.79. The number of rotatable bonds is 6. The van der Waals surface area contributed by atoms with E-state index < -0.39 is 0 Å². The van der Waals surface area contributed by atoms with E-state index in [0.29, 0.717) is 12.6 Å². The van der Waals surface area contributed by atoms with Crippen molar-refractivity contribution in [3.8, 4) is 0 Å². The second kappa shape index (κ2) is 8.32. The van der Waals surface area contributed by atoms with E-state index in [1.165, 1.54) is 38.6 Å². The molecule has 0 saturated carbocycles. The van der Waals surface area contributed by atoms with Crippen LogP contribution in [0, 0.1) is 0 Å². The molecule has 1 heterocycles. The lowest BCUT2D eigenvalue weighted by Crippen LogP contribution is -2.38. The van der Waals surface area contributed by atoms with Gasteiger partial charge in [-0.25, -0.2) is 0 Å². The van der Waals surface area contributed by atoms with E-state index in [2.05, 4.69) is 17.0 Å². The maximum absolute atomic E-state index is 8.54. The van der Waals surface area contributed by atoms with E-state index in [1.54, 1.807) is 6.92 Å². The second-order valence-corrected chi connectivity index (χ2v) is 4.99. The molecular formula is C13H27N3O2. The lowest BCUT2D eigenvalue weighted by molar-refractivity contribution is 0.0683. The van der Waals surface area contributed by atoms with Crippen LogP contribution in [0.2, 0.25) is 0 Å². The minimum Gasteiger partial charge on any atom is -0.409 e. The molecule has 0 aromatic carbocycles. The number of ether oxygens (including phenoxy) is 1. The van der Waals surface area contributed by atoms with Crippen molar-refractivity contribution in [1.82, 2.24) is 4.90 Å². The number of nitrogens with two attached hydrogens (primary N) is 1. The Morgan fingerprint density at radius 3 is 2.94 bits per heavy atom. The molecule has 0 bridgehead atoms. The van der Waals surface area contributed by atoms with Gasteiger partial charge in [0.2, 0.25) is 0 Å². The highest BCUT2D eigenvalue weighted by Gasteiger charge is 2.19. The lowest BCUT2D eigenvalue weighted by atomic mass is 10.1. The summed E-state index contributed by atoms with van der Waals surface area (Å²) in [4.78, 5) is 2.52. The summed E-state index contributed by atoms with van der Waals surface area (Å²) in [5.41, 5.74) is 5.48. The molecule has 1 aliphatic heterocycles. The largest absolute Gasteiger partial charge is 0.409 e. The predicted molar refractivity (Wildman–Crippen MR) is 72.9 cm³/mol. The van der Waals surface area contributed by atoms with Gasteiger partial charge < -0.3 is 15.7 Å². The monoisotopic (exact) mass is 257 g/mol. The highest BCUT2D eigenvalue weighted by atomic mass is 16.5. The van der Waals surface area contributed by atoms with Crippen LogP contribution in [-0.2, 0) is 4.74 Å². The van der Waals surface area contributed by atoms with E-state index >= 15 is 0 Å². The van der Waals surface area contributed by atoms with Crippen LogP contribution in [0.3, 0.4) is 0 Å². The first kappa shape index (κ1) is 15.2. The SMILES string of the molecule is CCC1CCCCCN1CCOC(C)C(N)=NO. The first-order valence-electron chi connectivity index (χ1n) is 7.02. The molecule has 1 fully saturated rings. The van der Waals surface area contributed by atoms with E-state index in [0.717, 1.165) is 6.54 Å². The fraction of sp³-hybridized carbons (Fsp3) is 0.923. The molecule has 1 saturated heterocycles. The molecule has 106 valence electrons. The van der Waals surface area contributed by atoms with Gasteiger partial charge in [0.05, 0.1) is 6.61 Å². The molecule has 2 unspecified atom stereocenters. The van der Waals surface area contributed by atoms with Crippen LogP contribution in [0.15, 0.2) is 5.16 Å². The number of likely N-dealkylation sites (tertiary alicyclic amines) is 1. The van der Waals surface area contributed by atoms with Crippen molar-refractivity contribution in [3.05, 3.63) is 0 Å². The summed E-state index contributed by atoms with van der Waals surface area (Å²) in [7, 11) is 0. The molecule has 1 rings (SSSR count). The third-order valence-corrected chi connectivity index (χ3v) is 3.75. The Kier molecular flexibility index (Phi) is 7.05. The van der Waals surface area contributed by atoms with Crippen molar-refractivity contribution in [1.29, 1.82) is 0 Å². The zero-order valence-electron chi connectivity index (χ0n) is 11.6. The maximum Gasteiger partial charge on any atom is 0.168 e. The summed E-state index contributed by atoms with van der Waals surface area (Å²) in [5, 5.41) is 11.5. The van der Waals surface area contributed by atoms with E-state index in [9.17, 15) is 0 Å². The van der Waals surface area contributed by atoms with E-state index in [-0.39, 0.29) is 11.9 Å². The van der Waals surface area contributed by atoms with Gasteiger partial charge in [0.25, 0.3) is 0 Å². The Hall–Kier alpha value is -0.810. The van der Waals surface area contributed by atoms with Crippen LogP contribution in [0.1, 0.15) is 46.0 Å². The van der Waals surface area contributed by atoms with Crippen molar-refractivity contribution in [3.63, 3.8) is 0 Å². The van der Waals surface area contributed by atoms with Gasteiger partial charge in [-0.15, -0.1) is 0 Å².